The van der Waals surface area contributed by atoms with Crippen LogP contribution in [0, 0.1) is 28.8 Å². The molecule has 0 saturated carbocycles. The Morgan fingerprint density at radius 2 is 2.00 bits per heavy atom. The molecule has 3 aromatic heterocycles. The molecule has 0 bridgehead atoms. The highest BCUT2D eigenvalue weighted by molar-refractivity contribution is 7.23. The number of piperazine rings is 1. The zero-order valence-corrected chi connectivity index (χ0v) is 26.0. The Morgan fingerprint density at radius 1 is 1.17 bits per heavy atom. The molecule has 47 heavy (non-hydrogen) atoms. The van der Waals surface area contributed by atoms with Gasteiger partial charge in [0, 0.05) is 60.7 Å². The molecule has 8 rings (SSSR count). The Balaban J connectivity index is 1.35. The second-order valence-electron chi connectivity index (χ2n) is 12.8. The van der Waals surface area contributed by atoms with Crippen LogP contribution in [-0.4, -0.2) is 64.2 Å². The summed E-state index contributed by atoms with van der Waals surface area (Å²) in [5, 5.41) is 13.4. The molecule has 2 atom stereocenters. The molecule has 4 aromatic rings. The van der Waals surface area contributed by atoms with Gasteiger partial charge in [-0.1, -0.05) is 6.58 Å². The molecule has 8 nitrogen and oxygen atoms in total. The average molecular weight is 665 g/mol. The lowest BCUT2D eigenvalue weighted by Gasteiger charge is -2.36. The Labute approximate surface area is 270 Å². The second kappa shape index (κ2) is 10.9. The summed E-state index contributed by atoms with van der Waals surface area (Å²) in [5.74, 6) is -2.02. The van der Waals surface area contributed by atoms with Crippen LogP contribution < -0.4 is 16.0 Å². The minimum Gasteiger partial charge on any atom is -0.389 e. The smallest absolute Gasteiger partial charge is 0.270 e. The number of halogens is 5. The van der Waals surface area contributed by atoms with Crippen molar-refractivity contribution in [1.82, 2.24) is 25.2 Å². The van der Waals surface area contributed by atoms with E-state index in [2.05, 4.69) is 26.8 Å². The van der Waals surface area contributed by atoms with E-state index in [0.29, 0.717) is 56.1 Å². The Hall–Kier alpha value is -4.19. The third-order valence-electron chi connectivity index (χ3n) is 10.3. The molecule has 4 aliphatic rings. The van der Waals surface area contributed by atoms with Gasteiger partial charge in [-0.25, -0.2) is 23.1 Å². The topological polar surface area (TPSA) is 107 Å². The number of nitriles is 1. The number of anilines is 2. The van der Waals surface area contributed by atoms with Crippen LogP contribution in [0.2, 0.25) is 0 Å². The monoisotopic (exact) mass is 664 g/mol. The molecule has 0 spiro atoms. The maximum atomic E-state index is 17.0. The molecule has 3 fully saturated rings. The van der Waals surface area contributed by atoms with Crippen molar-refractivity contribution >= 4 is 48.7 Å². The molecule has 14 heteroatoms. The summed E-state index contributed by atoms with van der Waals surface area (Å²) >= 11 is 0.809. The third-order valence-corrected chi connectivity index (χ3v) is 11.3. The van der Waals surface area contributed by atoms with Crippen molar-refractivity contribution in [3.8, 4) is 17.3 Å². The van der Waals surface area contributed by atoms with Crippen molar-refractivity contribution in [2.75, 3.05) is 43.4 Å². The number of hydrogen-bond donors (Lipinski definition) is 2. The Morgan fingerprint density at radius 3 is 2.79 bits per heavy atom. The number of fused-ring (bicyclic) bond motifs is 4. The number of aromatic nitrogens is 3. The first-order valence-electron chi connectivity index (χ1n) is 15.5. The van der Waals surface area contributed by atoms with Gasteiger partial charge in [0.1, 0.15) is 34.0 Å². The second-order valence-corrected chi connectivity index (χ2v) is 13.9. The van der Waals surface area contributed by atoms with Gasteiger partial charge in [0.05, 0.1) is 33.1 Å². The molecule has 0 amide bonds. The maximum Gasteiger partial charge on any atom is 0.270 e. The summed E-state index contributed by atoms with van der Waals surface area (Å²) in [5.41, 5.74) is 5.14. The van der Waals surface area contributed by atoms with Crippen molar-refractivity contribution in [3.63, 3.8) is 0 Å². The molecule has 3 N–H and O–H groups in total. The number of nitrogen functional groups attached to an aromatic ring is 1. The van der Waals surface area contributed by atoms with Crippen LogP contribution in [0.3, 0.4) is 0 Å². The van der Waals surface area contributed by atoms with E-state index in [0.717, 1.165) is 36.9 Å². The van der Waals surface area contributed by atoms with E-state index in [1.165, 1.54) is 0 Å². The lowest BCUT2D eigenvalue weighted by molar-refractivity contribution is 0.182. The molecule has 0 radical (unpaired) electrons. The molecule has 7 heterocycles. The summed E-state index contributed by atoms with van der Waals surface area (Å²) in [7, 11) is 0. The van der Waals surface area contributed by atoms with Crippen LogP contribution >= 0.6 is 11.3 Å². The summed E-state index contributed by atoms with van der Waals surface area (Å²) < 4.78 is 76.1. The number of nitrogens with two attached hydrogens (primary N) is 1. The number of nitrogens with zero attached hydrogens (tertiary/aromatic N) is 6. The number of benzene rings is 1. The molecule has 1 aromatic carbocycles. The third kappa shape index (κ3) is 4.47. The normalized spacial score (nSPS) is 22.6. The Kier molecular flexibility index (Phi) is 7.02. The van der Waals surface area contributed by atoms with Crippen molar-refractivity contribution in [2.24, 2.45) is 0 Å². The zero-order valence-electron chi connectivity index (χ0n) is 25.2. The van der Waals surface area contributed by atoms with Crippen LogP contribution in [0.15, 0.2) is 24.4 Å². The first kappa shape index (κ1) is 30.2. The van der Waals surface area contributed by atoms with E-state index in [1.807, 2.05) is 11.0 Å². The molecular formula is C33H29F5N8S. The largest absolute Gasteiger partial charge is 0.389 e. The molecule has 0 aliphatic carbocycles. The Bertz CT molecular complexity index is 2100. The highest BCUT2D eigenvalue weighted by Crippen LogP contribution is 2.48. The molecule has 4 aliphatic heterocycles. The van der Waals surface area contributed by atoms with Crippen molar-refractivity contribution in [2.45, 2.75) is 50.1 Å². The van der Waals surface area contributed by atoms with Crippen LogP contribution in [0.4, 0.5) is 32.8 Å². The van der Waals surface area contributed by atoms with E-state index in [-0.39, 0.29) is 67.4 Å². The number of rotatable bonds is 4. The van der Waals surface area contributed by atoms with E-state index in [4.69, 9.17) is 10.7 Å². The summed E-state index contributed by atoms with van der Waals surface area (Å²) in [6.45, 7) is 6.91. The van der Waals surface area contributed by atoms with Gasteiger partial charge in [0.15, 0.2) is 11.6 Å². The van der Waals surface area contributed by atoms with Gasteiger partial charge in [-0.3, -0.25) is 9.88 Å². The fourth-order valence-electron chi connectivity index (χ4n) is 8.16. The molecule has 1 unspecified atom stereocenters. The summed E-state index contributed by atoms with van der Waals surface area (Å²) in [6, 6.07) is 1.79. The van der Waals surface area contributed by atoms with Crippen molar-refractivity contribution in [1.29, 1.82) is 5.26 Å². The lowest BCUT2D eigenvalue weighted by Crippen LogP contribution is -2.51. The SMILES string of the molecule is C=C1C[C@@H]2CNCCN2c2nc(CCC34CCCN3CC(=C(F)F)C4)nc3c(F)c(-c4ncc(F)c5sc(N)c(C#N)c45)c(F)c1c23. The van der Waals surface area contributed by atoms with Gasteiger partial charge in [0.2, 0.25) is 0 Å². The average Bonchev–Trinajstić information content (AvgIpc) is 3.69. The highest BCUT2D eigenvalue weighted by Gasteiger charge is 2.47. The quantitative estimate of drug-likeness (QED) is 0.245. The van der Waals surface area contributed by atoms with Crippen molar-refractivity contribution < 1.29 is 22.0 Å². The van der Waals surface area contributed by atoms with E-state index in [9.17, 15) is 18.4 Å². The predicted octanol–water partition coefficient (Wildman–Crippen LogP) is 6.29. The minimum atomic E-state index is -1.63. The summed E-state index contributed by atoms with van der Waals surface area (Å²) in [4.78, 5) is 17.9. The van der Waals surface area contributed by atoms with Gasteiger partial charge in [0.25, 0.3) is 6.08 Å². The maximum absolute atomic E-state index is 17.0. The number of aryl methyl sites for hydroxylation is 1. The van der Waals surface area contributed by atoms with Gasteiger partial charge < -0.3 is 16.0 Å². The zero-order chi connectivity index (χ0) is 32.8. The molecule has 242 valence electrons. The highest BCUT2D eigenvalue weighted by atomic mass is 32.1. The standard InChI is InChI=1S/C33H29F5N8S/c1-15-9-17-12-41-6-8-46(17)32-23-21(15)25(35)24(27-22-18(11-39)31(40)47-29(22)19(34)13-42-27)26(36)28(23)43-20(44-32)3-5-33-4-2-7-45(33)14-16(10-33)30(37)38/h13,17,41H,1-10,12,14,40H2/t17-,33?/m1/s1. The number of hydrogen-bond acceptors (Lipinski definition) is 9. The molecular weight excluding hydrogens is 635 g/mol. The minimum absolute atomic E-state index is 0.00830. The van der Waals surface area contributed by atoms with Gasteiger partial charge in [-0.2, -0.15) is 14.0 Å². The van der Waals surface area contributed by atoms with Crippen molar-refractivity contribution in [3.05, 3.63) is 58.8 Å². The van der Waals surface area contributed by atoms with Gasteiger partial charge in [-0.15, -0.1) is 11.3 Å². The summed E-state index contributed by atoms with van der Waals surface area (Å²) in [6.07, 6.45) is 2.30. The van der Waals surface area contributed by atoms with Crippen LogP contribution in [0.5, 0.6) is 0 Å². The van der Waals surface area contributed by atoms with E-state index in [1.54, 1.807) is 0 Å². The fourth-order valence-corrected chi connectivity index (χ4v) is 9.08. The number of pyridine rings is 1. The predicted molar refractivity (Wildman–Crippen MR) is 171 cm³/mol. The lowest BCUT2D eigenvalue weighted by atomic mass is 9.87. The van der Waals surface area contributed by atoms with Gasteiger partial charge >= 0.3 is 0 Å². The van der Waals surface area contributed by atoms with Gasteiger partial charge in [-0.05, 0) is 44.2 Å². The number of thiophene rings is 1. The fraction of sp³-hybridized carbons (Fsp3) is 0.394. The first-order chi connectivity index (χ1) is 22.6. The van der Waals surface area contributed by atoms with E-state index < -0.39 is 34.6 Å². The van der Waals surface area contributed by atoms with E-state index >= 15 is 8.78 Å². The van der Waals surface area contributed by atoms with Crippen LogP contribution in [0.25, 0.3) is 37.8 Å². The first-order valence-corrected chi connectivity index (χ1v) is 16.4. The van der Waals surface area contributed by atoms with Crippen LogP contribution in [-0.2, 0) is 6.42 Å². The number of nitrogens with one attached hydrogen (secondary N) is 1. The molecule has 3 saturated heterocycles. The van der Waals surface area contributed by atoms with Crippen LogP contribution in [0.1, 0.15) is 49.1 Å².